The van der Waals surface area contributed by atoms with Gasteiger partial charge in [0.1, 0.15) is 0 Å². The van der Waals surface area contributed by atoms with Crippen molar-refractivity contribution in [3.63, 3.8) is 0 Å². The molecule has 0 atom stereocenters. The van der Waals surface area contributed by atoms with Gasteiger partial charge in [0, 0.05) is 13.1 Å². The number of nitrogen functional groups attached to an aromatic ring is 1. The molecule has 7 nitrogen and oxygen atoms in total. The Labute approximate surface area is 78.0 Å². The molecule has 1 aromatic heterocycles. The maximum absolute atomic E-state index is 10.0. The van der Waals surface area contributed by atoms with Gasteiger partial charge in [0.2, 0.25) is 10.3 Å². The van der Waals surface area contributed by atoms with Crippen LogP contribution in [-0.4, -0.2) is 34.5 Å². The summed E-state index contributed by atoms with van der Waals surface area (Å²) in [4.78, 5) is 10.0. The molecule has 0 aliphatic carbocycles. The quantitative estimate of drug-likeness (QED) is 0.504. The summed E-state index contributed by atoms with van der Waals surface area (Å²) in [5.74, 6) is 0. The van der Waals surface area contributed by atoms with E-state index in [1.165, 1.54) is 11.3 Å². The molecule has 0 aliphatic rings. The smallest absolute Gasteiger partial charge is 0.404 e. The first-order valence-corrected chi connectivity index (χ1v) is 4.30. The highest BCUT2D eigenvalue weighted by Gasteiger charge is 1.99. The number of nitrogens with two attached hydrogens (primary N) is 1. The van der Waals surface area contributed by atoms with E-state index in [1.54, 1.807) is 0 Å². The predicted octanol–water partition coefficient (Wildman–Crippen LogP) is -0.200. The molecule has 0 aliphatic heterocycles. The number of hydrogen-bond acceptors (Lipinski definition) is 6. The zero-order chi connectivity index (χ0) is 9.68. The summed E-state index contributed by atoms with van der Waals surface area (Å²) >= 11 is 1.22. The van der Waals surface area contributed by atoms with Crippen LogP contribution in [-0.2, 0) is 0 Å². The summed E-state index contributed by atoms with van der Waals surface area (Å²) in [6.45, 7) is 0.774. The highest BCUT2D eigenvalue weighted by Crippen LogP contribution is 2.15. The molecule has 1 amide bonds. The number of amides is 1. The number of rotatable bonds is 4. The molecule has 5 N–H and O–H groups in total. The number of nitrogens with one attached hydrogen (secondary N) is 2. The lowest BCUT2D eigenvalue weighted by Gasteiger charge is -2.00. The van der Waals surface area contributed by atoms with E-state index in [4.69, 9.17) is 10.8 Å². The van der Waals surface area contributed by atoms with Crippen LogP contribution in [0.25, 0.3) is 0 Å². The van der Waals surface area contributed by atoms with E-state index in [0.717, 1.165) is 0 Å². The molecule has 0 aromatic carbocycles. The topological polar surface area (TPSA) is 113 Å². The van der Waals surface area contributed by atoms with Crippen LogP contribution in [0.15, 0.2) is 0 Å². The maximum Gasteiger partial charge on any atom is 0.404 e. The molecule has 0 bridgehead atoms. The van der Waals surface area contributed by atoms with E-state index in [-0.39, 0.29) is 0 Å². The molecule has 8 heteroatoms. The second-order valence-corrected chi connectivity index (χ2v) is 3.11. The molecule has 72 valence electrons. The van der Waals surface area contributed by atoms with Crippen LogP contribution in [0.5, 0.6) is 0 Å². The monoisotopic (exact) mass is 203 g/mol. The van der Waals surface area contributed by atoms with Crippen LogP contribution < -0.4 is 16.4 Å². The van der Waals surface area contributed by atoms with Gasteiger partial charge < -0.3 is 21.5 Å². The molecule has 0 fully saturated rings. The van der Waals surface area contributed by atoms with Crippen molar-refractivity contribution in [1.82, 2.24) is 15.5 Å². The van der Waals surface area contributed by atoms with Crippen LogP contribution in [0.3, 0.4) is 0 Å². The minimum Gasteiger partial charge on any atom is -0.465 e. The first kappa shape index (κ1) is 9.52. The fourth-order valence-electron chi connectivity index (χ4n) is 0.645. The van der Waals surface area contributed by atoms with Crippen LogP contribution in [0.2, 0.25) is 0 Å². The SMILES string of the molecule is Nc1nnc(NCCNC(=O)O)s1. The molecule has 13 heavy (non-hydrogen) atoms. The Balaban J connectivity index is 2.16. The summed E-state index contributed by atoms with van der Waals surface area (Å²) in [6, 6.07) is 0. The van der Waals surface area contributed by atoms with Crippen molar-refractivity contribution in [3.8, 4) is 0 Å². The molecule has 0 spiro atoms. The van der Waals surface area contributed by atoms with Gasteiger partial charge in [0.25, 0.3) is 0 Å². The fraction of sp³-hybridized carbons (Fsp3) is 0.400. The number of carbonyl (C=O) groups is 1. The second kappa shape index (κ2) is 4.45. The van der Waals surface area contributed by atoms with Crippen molar-refractivity contribution >= 4 is 27.7 Å². The summed E-state index contributed by atoms with van der Waals surface area (Å²) in [5.41, 5.74) is 5.33. The number of aromatic nitrogens is 2. The summed E-state index contributed by atoms with van der Waals surface area (Å²) < 4.78 is 0. The van der Waals surface area contributed by atoms with Crippen LogP contribution in [0, 0.1) is 0 Å². The van der Waals surface area contributed by atoms with Gasteiger partial charge in [-0.1, -0.05) is 11.3 Å². The largest absolute Gasteiger partial charge is 0.465 e. The Morgan fingerprint density at radius 2 is 2.31 bits per heavy atom. The molecule has 1 aromatic rings. The number of hydrogen-bond donors (Lipinski definition) is 4. The standard InChI is InChI=1S/C5H9N5O2S/c6-3-9-10-4(13-3)7-1-2-8-5(11)12/h8H,1-2H2,(H2,6,9)(H,7,10)(H,11,12). The molecular formula is C5H9N5O2S. The summed E-state index contributed by atoms with van der Waals surface area (Å²) in [6.07, 6.45) is -1.04. The Hall–Kier alpha value is -1.57. The minimum absolute atomic E-state index is 0.314. The third-order valence-electron chi connectivity index (χ3n) is 1.12. The Morgan fingerprint density at radius 3 is 2.85 bits per heavy atom. The first-order chi connectivity index (χ1) is 6.18. The van der Waals surface area contributed by atoms with Crippen molar-refractivity contribution in [2.45, 2.75) is 0 Å². The normalized spacial score (nSPS) is 9.54. The third kappa shape index (κ3) is 3.56. The summed E-state index contributed by atoms with van der Waals surface area (Å²) in [7, 11) is 0. The zero-order valence-corrected chi connectivity index (χ0v) is 7.47. The third-order valence-corrected chi connectivity index (χ3v) is 1.83. The average Bonchev–Trinajstić information content (AvgIpc) is 2.45. The predicted molar refractivity (Wildman–Crippen MR) is 48.8 cm³/mol. The van der Waals surface area contributed by atoms with Gasteiger partial charge in [0.05, 0.1) is 0 Å². The van der Waals surface area contributed by atoms with E-state index in [2.05, 4.69) is 20.8 Å². The maximum atomic E-state index is 10.0. The first-order valence-electron chi connectivity index (χ1n) is 3.48. The molecule has 1 heterocycles. The van der Waals surface area contributed by atoms with E-state index in [0.29, 0.717) is 23.4 Å². The lowest BCUT2D eigenvalue weighted by molar-refractivity contribution is 0.195. The zero-order valence-electron chi connectivity index (χ0n) is 6.65. The van der Waals surface area contributed by atoms with E-state index >= 15 is 0 Å². The molecule has 1 rings (SSSR count). The number of nitrogens with zero attached hydrogens (tertiary/aromatic N) is 2. The van der Waals surface area contributed by atoms with Crippen LogP contribution in [0.1, 0.15) is 0 Å². The fourth-order valence-corrected chi connectivity index (χ4v) is 1.18. The minimum atomic E-state index is -1.04. The van der Waals surface area contributed by atoms with Crippen LogP contribution in [0.4, 0.5) is 15.1 Å². The molecule has 0 unspecified atom stereocenters. The Kier molecular flexibility index (Phi) is 3.26. The second-order valence-electron chi connectivity index (χ2n) is 2.10. The average molecular weight is 203 g/mol. The molecule has 0 saturated heterocycles. The van der Waals surface area contributed by atoms with Crippen molar-refractivity contribution in [2.75, 3.05) is 24.1 Å². The lowest BCUT2D eigenvalue weighted by Crippen LogP contribution is -2.26. The van der Waals surface area contributed by atoms with E-state index in [1.807, 2.05) is 0 Å². The highest BCUT2D eigenvalue weighted by atomic mass is 32.1. The van der Waals surface area contributed by atoms with E-state index < -0.39 is 6.09 Å². The van der Waals surface area contributed by atoms with Gasteiger partial charge in [-0.2, -0.15) is 0 Å². The number of anilines is 2. The van der Waals surface area contributed by atoms with Crippen molar-refractivity contribution in [2.24, 2.45) is 0 Å². The van der Waals surface area contributed by atoms with Gasteiger partial charge in [-0.25, -0.2) is 4.79 Å². The van der Waals surface area contributed by atoms with Crippen LogP contribution >= 0.6 is 11.3 Å². The Bertz CT molecular complexity index is 288. The van der Waals surface area contributed by atoms with Gasteiger partial charge in [-0.15, -0.1) is 10.2 Å². The van der Waals surface area contributed by atoms with Gasteiger partial charge in [0.15, 0.2) is 0 Å². The molecule has 0 radical (unpaired) electrons. The number of carboxylic acid groups (broad SMARTS) is 1. The van der Waals surface area contributed by atoms with Gasteiger partial charge in [-0.05, 0) is 0 Å². The van der Waals surface area contributed by atoms with Crippen molar-refractivity contribution < 1.29 is 9.90 Å². The van der Waals surface area contributed by atoms with Crippen molar-refractivity contribution in [1.29, 1.82) is 0 Å². The van der Waals surface area contributed by atoms with E-state index in [9.17, 15) is 4.79 Å². The Morgan fingerprint density at radius 1 is 1.54 bits per heavy atom. The van der Waals surface area contributed by atoms with Gasteiger partial charge in [-0.3, -0.25) is 0 Å². The van der Waals surface area contributed by atoms with Gasteiger partial charge >= 0.3 is 6.09 Å². The van der Waals surface area contributed by atoms with Crippen molar-refractivity contribution in [3.05, 3.63) is 0 Å². The molecule has 0 saturated carbocycles. The molecular weight excluding hydrogens is 194 g/mol. The summed E-state index contributed by atoms with van der Waals surface area (Å²) in [5, 5.41) is 21.5. The lowest BCUT2D eigenvalue weighted by atomic mass is 10.6. The highest BCUT2D eigenvalue weighted by molar-refractivity contribution is 7.18.